The van der Waals surface area contributed by atoms with E-state index in [0.717, 1.165) is 0 Å². The van der Waals surface area contributed by atoms with Gasteiger partial charge in [-0.3, -0.25) is 4.79 Å². The predicted octanol–water partition coefficient (Wildman–Crippen LogP) is 1.55. The summed E-state index contributed by atoms with van der Waals surface area (Å²) in [6.07, 6.45) is 2.60. The third-order valence-corrected chi connectivity index (χ3v) is 2.23. The van der Waals surface area contributed by atoms with Crippen LogP contribution in [0.1, 0.15) is 26.7 Å². The van der Waals surface area contributed by atoms with Gasteiger partial charge in [-0.1, -0.05) is 0 Å². The number of ether oxygens (including phenoxy) is 1. The van der Waals surface area contributed by atoms with Crippen LogP contribution in [0.4, 0.5) is 5.69 Å². The Hall–Kier alpha value is -1.62. The maximum atomic E-state index is 11.6. The Bertz CT molecular complexity index is 368. The number of hydrogen-bond donors (Lipinski definition) is 2. The fourth-order valence-electron chi connectivity index (χ4n) is 1.23. The molecule has 0 aromatic carbocycles. The molecule has 0 saturated heterocycles. The molecule has 0 atom stereocenters. The molecule has 5 heteroatoms. The summed E-state index contributed by atoms with van der Waals surface area (Å²) in [5.74, 6) is 0.460. The lowest BCUT2D eigenvalue weighted by atomic mass is 10.00. The van der Waals surface area contributed by atoms with Crippen molar-refractivity contribution in [1.29, 1.82) is 0 Å². The zero-order valence-corrected chi connectivity index (χ0v) is 10.5. The molecule has 0 aliphatic heterocycles. The quantitative estimate of drug-likeness (QED) is 0.814. The summed E-state index contributed by atoms with van der Waals surface area (Å²) < 4.78 is 4.93. The van der Waals surface area contributed by atoms with Gasteiger partial charge in [-0.15, -0.1) is 0 Å². The maximum Gasteiger partial charge on any atom is 0.224 e. The van der Waals surface area contributed by atoms with Gasteiger partial charge in [0.2, 0.25) is 11.8 Å². The lowest BCUT2D eigenvalue weighted by Gasteiger charge is -2.17. The van der Waals surface area contributed by atoms with Crippen LogP contribution in [0.5, 0.6) is 5.88 Å². The van der Waals surface area contributed by atoms with Crippen molar-refractivity contribution in [2.24, 2.45) is 5.73 Å². The van der Waals surface area contributed by atoms with Gasteiger partial charge >= 0.3 is 0 Å². The van der Waals surface area contributed by atoms with Crippen molar-refractivity contribution in [3.05, 3.63) is 18.3 Å². The highest BCUT2D eigenvalue weighted by Crippen LogP contribution is 2.12. The smallest absolute Gasteiger partial charge is 0.224 e. The van der Waals surface area contributed by atoms with Crippen molar-refractivity contribution in [1.82, 2.24) is 4.98 Å². The largest absolute Gasteiger partial charge is 0.481 e. The van der Waals surface area contributed by atoms with E-state index in [2.05, 4.69) is 10.3 Å². The number of methoxy groups -OCH3 is 1. The Balaban J connectivity index is 2.45. The minimum Gasteiger partial charge on any atom is -0.481 e. The monoisotopic (exact) mass is 237 g/mol. The number of nitrogens with two attached hydrogens (primary N) is 1. The average Bonchev–Trinajstić information content (AvgIpc) is 2.27. The van der Waals surface area contributed by atoms with E-state index in [1.807, 2.05) is 13.8 Å². The summed E-state index contributed by atoms with van der Waals surface area (Å²) in [6.45, 7) is 3.80. The molecule has 0 bridgehead atoms. The molecule has 1 amide bonds. The van der Waals surface area contributed by atoms with Gasteiger partial charge < -0.3 is 15.8 Å². The van der Waals surface area contributed by atoms with Crippen LogP contribution in [0.25, 0.3) is 0 Å². The fourth-order valence-corrected chi connectivity index (χ4v) is 1.23. The van der Waals surface area contributed by atoms with Crippen LogP contribution in [0.3, 0.4) is 0 Å². The van der Waals surface area contributed by atoms with Gasteiger partial charge in [-0.05, 0) is 26.3 Å². The van der Waals surface area contributed by atoms with Crippen molar-refractivity contribution < 1.29 is 9.53 Å². The second-order valence-corrected chi connectivity index (χ2v) is 4.63. The molecule has 0 radical (unpaired) electrons. The van der Waals surface area contributed by atoms with Crippen LogP contribution < -0.4 is 15.8 Å². The van der Waals surface area contributed by atoms with Gasteiger partial charge in [0.15, 0.2) is 0 Å². The van der Waals surface area contributed by atoms with Crippen molar-refractivity contribution in [3.63, 3.8) is 0 Å². The highest BCUT2D eigenvalue weighted by molar-refractivity contribution is 5.90. The van der Waals surface area contributed by atoms with Crippen molar-refractivity contribution in [3.8, 4) is 5.88 Å². The molecule has 3 N–H and O–H groups in total. The summed E-state index contributed by atoms with van der Waals surface area (Å²) >= 11 is 0. The number of aromatic nitrogens is 1. The number of amides is 1. The number of nitrogens with zero attached hydrogens (tertiary/aromatic N) is 1. The third kappa shape index (κ3) is 5.31. The van der Waals surface area contributed by atoms with Crippen LogP contribution in [0, 0.1) is 0 Å². The highest BCUT2D eigenvalue weighted by atomic mass is 16.5. The summed E-state index contributed by atoms with van der Waals surface area (Å²) in [6, 6.07) is 3.44. The van der Waals surface area contributed by atoms with Crippen LogP contribution >= 0.6 is 0 Å². The van der Waals surface area contributed by atoms with Crippen molar-refractivity contribution >= 4 is 11.6 Å². The van der Waals surface area contributed by atoms with Crippen molar-refractivity contribution in [2.45, 2.75) is 32.2 Å². The molecule has 94 valence electrons. The number of anilines is 1. The highest BCUT2D eigenvalue weighted by Gasteiger charge is 2.13. The third-order valence-electron chi connectivity index (χ3n) is 2.23. The fraction of sp³-hybridized carbons (Fsp3) is 0.500. The number of rotatable bonds is 5. The van der Waals surface area contributed by atoms with E-state index < -0.39 is 0 Å². The average molecular weight is 237 g/mol. The van der Waals surface area contributed by atoms with Crippen LogP contribution in [0.15, 0.2) is 18.3 Å². The molecule has 0 saturated carbocycles. The minimum atomic E-state index is -0.324. The topological polar surface area (TPSA) is 77.2 Å². The zero-order valence-electron chi connectivity index (χ0n) is 10.5. The van der Waals surface area contributed by atoms with Gasteiger partial charge in [0.1, 0.15) is 0 Å². The van der Waals surface area contributed by atoms with Gasteiger partial charge in [0.25, 0.3) is 0 Å². The van der Waals surface area contributed by atoms with E-state index in [0.29, 0.717) is 24.4 Å². The molecule has 0 spiro atoms. The zero-order chi connectivity index (χ0) is 12.9. The molecular weight excluding hydrogens is 218 g/mol. The molecular formula is C12H19N3O2. The van der Waals surface area contributed by atoms with E-state index in [4.69, 9.17) is 10.5 Å². The Labute approximate surface area is 101 Å². The Morgan fingerprint density at radius 1 is 1.53 bits per heavy atom. The van der Waals surface area contributed by atoms with E-state index in [1.165, 1.54) is 0 Å². The van der Waals surface area contributed by atoms with Gasteiger partial charge in [-0.2, -0.15) is 0 Å². The summed E-state index contributed by atoms with van der Waals surface area (Å²) in [5, 5.41) is 2.75. The number of pyridine rings is 1. The van der Waals surface area contributed by atoms with Crippen molar-refractivity contribution in [2.75, 3.05) is 12.4 Å². The van der Waals surface area contributed by atoms with Gasteiger partial charge in [0, 0.05) is 18.0 Å². The SMILES string of the molecule is COc1ccc(NC(=O)CCC(C)(C)N)cn1. The Morgan fingerprint density at radius 2 is 2.24 bits per heavy atom. The van der Waals surface area contributed by atoms with Crippen LogP contribution in [-0.4, -0.2) is 23.5 Å². The molecule has 1 heterocycles. The molecule has 17 heavy (non-hydrogen) atoms. The number of carbonyl (C=O) groups excluding carboxylic acids is 1. The lowest BCUT2D eigenvalue weighted by Crippen LogP contribution is -2.33. The molecule has 0 aliphatic carbocycles. The van der Waals surface area contributed by atoms with E-state index in [-0.39, 0.29) is 11.4 Å². The second-order valence-electron chi connectivity index (χ2n) is 4.63. The maximum absolute atomic E-state index is 11.6. The number of carbonyl (C=O) groups is 1. The second kappa shape index (κ2) is 5.63. The standard InChI is InChI=1S/C12H19N3O2/c1-12(2,13)7-6-10(16)15-9-4-5-11(17-3)14-8-9/h4-5,8H,6-7,13H2,1-3H3,(H,15,16). The Morgan fingerprint density at radius 3 is 2.71 bits per heavy atom. The first-order chi connectivity index (χ1) is 7.90. The summed E-state index contributed by atoms with van der Waals surface area (Å²) in [5.41, 5.74) is 6.14. The van der Waals surface area contributed by atoms with Crippen LogP contribution in [0.2, 0.25) is 0 Å². The van der Waals surface area contributed by atoms with E-state index >= 15 is 0 Å². The lowest BCUT2D eigenvalue weighted by molar-refractivity contribution is -0.116. The molecule has 0 fully saturated rings. The number of nitrogens with one attached hydrogen (secondary N) is 1. The molecule has 0 aliphatic rings. The normalized spacial score (nSPS) is 11.1. The first kappa shape index (κ1) is 13.4. The molecule has 5 nitrogen and oxygen atoms in total. The molecule has 0 unspecified atom stereocenters. The number of hydrogen-bond acceptors (Lipinski definition) is 4. The first-order valence-corrected chi connectivity index (χ1v) is 5.49. The predicted molar refractivity (Wildman–Crippen MR) is 66.9 cm³/mol. The van der Waals surface area contributed by atoms with E-state index in [1.54, 1.807) is 25.4 Å². The molecule has 1 aromatic rings. The molecule has 1 aromatic heterocycles. The molecule has 1 rings (SSSR count). The minimum absolute atomic E-state index is 0.0597. The van der Waals surface area contributed by atoms with E-state index in [9.17, 15) is 4.79 Å². The summed E-state index contributed by atoms with van der Waals surface area (Å²) in [7, 11) is 1.55. The van der Waals surface area contributed by atoms with Crippen LogP contribution in [-0.2, 0) is 4.79 Å². The van der Waals surface area contributed by atoms with Gasteiger partial charge in [-0.25, -0.2) is 4.98 Å². The summed E-state index contributed by atoms with van der Waals surface area (Å²) in [4.78, 5) is 15.6. The Kier molecular flexibility index (Phi) is 4.45. The first-order valence-electron chi connectivity index (χ1n) is 5.49. The van der Waals surface area contributed by atoms with Gasteiger partial charge in [0.05, 0.1) is 19.0 Å².